The topological polar surface area (TPSA) is 51.2 Å². The van der Waals surface area contributed by atoms with E-state index in [4.69, 9.17) is 16.3 Å². The van der Waals surface area contributed by atoms with E-state index < -0.39 is 6.09 Å². The number of carbonyl (C=O) groups is 1. The Morgan fingerprint density at radius 2 is 1.84 bits per heavy atom. The van der Waals surface area contributed by atoms with Crippen molar-refractivity contribution < 1.29 is 9.53 Å². The van der Waals surface area contributed by atoms with E-state index >= 15 is 0 Å². The minimum Gasteiger partial charge on any atom is -0.440 e. The van der Waals surface area contributed by atoms with E-state index in [1.165, 1.54) is 11.3 Å². The number of anilines is 1. The Morgan fingerprint density at radius 3 is 2.52 bits per heavy atom. The molecule has 0 fully saturated rings. The number of carbonyl (C=O) groups excluding carboxylic acids is 1. The molecular weight excluding hydrogens is 356 g/mol. The van der Waals surface area contributed by atoms with E-state index in [-0.39, 0.29) is 6.10 Å². The zero-order valence-electron chi connectivity index (χ0n) is 13.8. The van der Waals surface area contributed by atoms with Crippen molar-refractivity contribution in [3.8, 4) is 10.6 Å². The van der Waals surface area contributed by atoms with Crippen molar-refractivity contribution in [2.45, 2.75) is 20.0 Å². The molecule has 1 N–H and O–H groups in total. The number of ether oxygens (including phenoxy) is 1. The highest BCUT2D eigenvalue weighted by Gasteiger charge is 2.19. The summed E-state index contributed by atoms with van der Waals surface area (Å²) in [6.07, 6.45) is -0.873. The van der Waals surface area contributed by atoms with Crippen LogP contribution in [0.1, 0.15) is 23.6 Å². The molecule has 25 heavy (non-hydrogen) atoms. The minimum absolute atomic E-state index is 0.387. The van der Waals surface area contributed by atoms with E-state index in [0.29, 0.717) is 10.7 Å². The highest BCUT2D eigenvalue weighted by Crippen LogP contribution is 2.33. The zero-order chi connectivity index (χ0) is 17.8. The van der Waals surface area contributed by atoms with Gasteiger partial charge in [-0.25, -0.2) is 9.78 Å². The maximum atomic E-state index is 12.1. The standard InChI is InChI=1S/C19H17ClN2O2S/c1-12-17(25-18(21-12)14-8-10-15(20)11-9-14)13(2)24-19(23)22-16-6-4-3-5-7-16/h3-11,13H,1-2H3,(H,22,23)/t13-/m1/s1. The van der Waals surface area contributed by atoms with Crippen LogP contribution in [0.25, 0.3) is 10.6 Å². The molecule has 1 amide bonds. The fourth-order valence-corrected chi connectivity index (χ4v) is 3.56. The van der Waals surface area contributed by atoms with Crippen molar-refractivity contribution in [1.82, 2.24) is 4.98 Å². The van der Waals surface area contributed by atoms with Gasteiger partial charge < -0.3 is 4.74 Å². The Labute approximate surface area is 155 Å². The number of aromatic nitrogens is 1. The molecule has 0 spiro atoms. The lowest BCUT2D eigenvalue weighted by atomic mass is 10.2. The largest absolute Gasteiger partial charge is 0.440 e. The third-order valence-electron chi connectivity index (χ3n) is 3.60. The summed E-state index contributed by atoms with van der Waals surface area (Å²) in [5, 5.41) is 4.28. The van der Waals surface area contributed by atoms with Gasteiger partial charge in [0.05, 0.1) is 10.6 Å². The number of halogens is 1. The second kappa shape index (κ2) is 7.68. The summed E-state index contributed by atoms with van der Waals surface area (Å²) in [7, 11) is 0. The Morgan fingerprint density at radius 1 is 1.16 bits per heavy atom. The first-order valence-corrected chi connectivity index (χ1v) is 8.98. The van der Waals surface area contributed by atoms with Crippen LogP contribution in [-0.4, -0.2) is 11.1 Å². The molecule has 128 valence electrons. The first-order chi connectivity index (χ1) is 12.0. The molecule has 3 rings (SSSR count). The SMILES string of the molecule is Cc1nc(-c2ccc(Cl)cc2)sc1[C@@H](C)OC(=O)Nc1ccccc1. The first kappa shape index (κ1) is 17.5. The molecule has 2 aromatic carbocycles. The Balaban J connectivity index is 1.71. The molecular formula is C19H17ClN2O2S. The lowest BCUT2D eigenvalue weighted by Gasteiger charge is -2.13. The molecule has 0 aliphatic rings. The molecule has 0 radical (unpaired) electrons. The van der Waals surface area contributed by atoms with Crippen LogP contribution < -0.4 is 5.32 Å². The predicted octanol–water partition coefficient (Wildman–Crippen LogP) is 6.08. The zero-order valence-corrected chi connectivity index (χ0v) is 15.4. The number of hydrogen-bond acceptors (Lipinski definition) is 4. The number of thiazole rings is 1. The Hall–Kier alpha value is -2.37. The average molecular weight is 373 g/mol. The number of para-hydroxylation sites is 1. The highest BCUT2D eigenvalue weighted by atomic mass is 35.5. The van der Waals surface area contributed by atoms with Crippen molar-refractivity contribution in [2.24, 2.45) is 0 Å². The number of rotatable bonds is 4. The van der Waals surface area contributed by atoms with Crippen molar-refractivity contribution in [1.29, 1.82) is 0 Å². The highest BCUT2D eigenvalue weighted by molar-refractivity contribution is 7.15. The van der Waals surface area contributed by atoms with Gasteiger partial charge in [-0.1, -0.05) is 41.9 Å². The summed E-state index contributed by atoms with van der Waals surface area (Å²) < 4.78 is 5.49. The van der Waals surface area contributed by atoms with Gasteiger partial charge in [-0.3, -0.25) is 5.32 Å². The minimum atomic E-state index is -0.487. The number of aryl methyl sites for hydroxylation is 1. The smallest absolute Gasteiger partial charge is 0.412 e. The van der Waals surface area contributed by atoms with Crippen molar-refractivity contribution in [2.75, 3.05) is 5.32 Å². The third kappa shape index (κ3) is 4.38. The van der Waals surface area contributed by atoms with Crippen LogP contribution in [0.5, 0.6) is 0 Å². The normalized spacial score (nSPS) is 11.8. The molecule has 1 aromatic heterocycles. The number of hydrogen-bond donors (Lipinski definition) is 1. The van der Waals surface area contributed by atoms with Gasteiger partial charge in [0.1, 0.15) is 11.1 Å². The molecule has 4 nitrogen and oxygen atoms in total. The van der Waals surface area contributed by atoms with Crippen LogP contribution >= 0.6 is 22.9 Å². The summed E-state index contributed by atoms with van der Waals surface area (Å²) in [5.74, 6) is 0. The van der Waals surface area contributed by atoms with E-state index in [0.717, 1.165) is 21.1 Å². The lowest BCUT2D eigenvalue weighted by molar-refractivity contribution is 0.122. The molecule has 0 saturated carbocycles. The fraction of sp³-hybridized carbons (Fsp3) is 0.158. The van der Waals surface area contributed by atoms with Crippen LogP contribution in [0.3, 0.4) is 0 Å². The monoisotopic (exact) mass is 372 g/mol. The second-order valence-electron chi connectivity index (χ2n) is 5.51. The lowest BCUT2D eigenvalue weighted by Crippen LogP contribution is -2.15. The molecule has 3 aromatic rings. The molecule has 0 saturated heterocycles. The summed E-state index contributed by atoms with van der Waals surface area (Å²) in [6, 6.07) is 16.7. The molecule has 1 atom stereocenters. The third-order valence-corrected chi connectivity index (χ3v) is 5.22. The molecule has 0 unspecified atom stereocenters. The second-order valence-corrected chi connectivity index (χ2v) is 6.98. The summed E-state index contributed by atoms with van der Waals surface area (Å²) in [5.41, 5.74) is 2.54. The number of nitrogens with one attached hydrogen (secondary N) is 1. The van der Waals surface area contributed by atoms with E-state index in [2.05, 4.69) is 10.3 Å². The quantitative estimate of drug-likeness (QED) is 0.603. The molecule has 0 aliphatic carbocycles. The van der Waals surface area contributed by atoms with E-state index in [1.807, 2.05) is 68.4 Å². The van der Waals surface area contributed by atoms with Gasteiger partial charge in [-0.05, 0) is 38.1 Å². The van der Waals surface area contributed by atoms with Crippen LogP contribution in [0.15, 0.2) is 54.6 Å². The van der Waals surface area contributed by atoms with Crippen molar-refractivity contribution in [3.05, 3.63) is 70.2 Å². The Bertz CT molecular complexity index is 863. The summed E-state index contributed by atoms with van der Waals surface area (Å²) in [4.78, 5) is 17.6. The van der Waals surface area contributed by atoms with E-state index in [1.54, 1.807) is 0 Å². The van der Waals surface area contributed by atoms with Gasteiger partial charge >= 0.3 is 6.09 Å². The van der Waals surface area contributed by atoms with E-state index in [9.17, 15) is 4.79 Å². The molecule has 6 heteroatoms. The van der Waals surface area contributed by atoms with Crippen LogP contribution in [0.4, 0.5) is 10.5 Å². The van der Waals surface area contributed by atoms with Gasteiger partial charge in [0.25, 0.3) is 0 Å². The number of benzene rings is 2. The van der Waals surface area contributed by atoms with Crippen LogP contribution in [0.2, 0.25) is 5.02 Å². The fourth-order valence-electron chi connectivity index (χ4n) is 2.38. The van der Waals surface area contributed by atoms with Crippen molar-refractivity contribution >= 4 is 34.7 Å². The predicted molar refractivity (Wildman–Crippen MR) is 102 cm³/mol. The average Bonchev–Trinajstić information content (AvgIpc) is 2.98. The first-order valence-electron chi connectivity index (χ1n) is 7.79. The maximum absolute atomic E-state index is 12.1. The number of amides is 1. The molecule has 1 heterocycles. The van der Waals surface area contributed by atoms with Crippen LogP contribution in [-0.2, 0) is 4.74 Å². The molecule has 0 bridgehead atoms. The van der Waals surface area contributed by atoms with Gasteiger partial charge in [-0.15, -0.1) is 11.3 Å². The van der Waals surface area contributed by atoms with Gasteiger partial charge in [0.15, 0.2) is 0 Å². The molecule has 0 aliphatic heterocycles. The summed E-state index contributed by atoms with van der Waals surface area (Å²) in [6.45, 7) is 3.76. The van der Waals surface area contributed by atoms with Gasteiger partial charge in [0, 0.05) is 16.3 Å². The Kier molecular flexibility index (Phi) is 5.36. The van der Waals surface area contributed by atoms with Gasteiger partial charge in [-0.2, -0.15) is 0 Å². The number of nitrogens with zero attached hydrogens (tertiary/aromatic N) is 1. The van der Waals surface area contributed by atoms with Crippen LogP contribution in [0, 0.1) is 6.92 Å². The van der Waals surface area contributed by atoms with Gasteiger partial charge in [0.2, 0.25) is 0 Å². The van der Waals surface area contributed by atoms with Crippen molar-refractivity contribution in [3.63, 3.8) is 0 Å². The maximum Gasteiger partial charge on any atom is 0.412 e. The summed E-state index contributed by atoms with van der Waals surface area (Å²) >= 11 is 7.44.